The standard InChI is InChI=1S/C10H11N5O4/c1-6-4-14(13-9(6)15(17)18)5-7-2-3-8(19-7)10(16)12-11/h2-4H,5,11H2,1H3,(H,12,16). The van der Waals surface area contributed by atoms with Crippen molar-refractivity contribution >= 4 is 11.7 Å². The smallest absolute Gasteiger partial charge is 0.392 e. The molecule has 0 spiro atoms. The van der Waals surface area contributed by atoms with Crippen molar-refractivity contribution in [1.29, 1.82) is 0 Å². The van der Waals surface area contributed by atoms with E-state index in [-0.39, 0.29) is 18.1 Å². The molecular weight excluding hydrogens is 254 g/mol. The molecule has 0 saturated heterocycles. The third-order valence-corrected chi connectivity index (χ3v) is 2.43. The highest BCUT2D eigenvalue weighted by Gasteiger charge is 2.18. The topological polar surface area (TPSA) is 129 Å². The Morgan fingerprint density at radius 1 is 1.63 bits per heavy atom. The van der Waals surface area contributed by atoms with Crippen LogP contribution in [0.5, 0.6) is 0 Å². The first-order valence-electron chi connectivity index (χ1n) is 5.29. The van der Waals surface area contributed by atoms with Gasteiger partial charge in [-0.15, -0.1) is 0 Å². The fraction of sp³-hybridized carbons (Fsp3) is 0.200. The molecule has 100 valence electrons. The summed E-state index contributed by atoms with van der Waals surface area (Å²) in [7, 11) is 0. The second kappa shape index (κ2) is 4.90. The zero-order valence-electron chi connectivity index (χ0n) is 9.99. The van der Waals surface area contributed by atoms with Gasteiger partial charge in [-0.25, -0.2) is 5.84 Å². The van der Waals surface area contributed by atoms with Gasteiger partial charge in [-0.2, -0.15) is 4.68 Å². The number of rotatable bonds is 4. The Morgan fingerprint density at radius 2 is 2.37 bits per heavy atom. The van der Waals surface area contributed by atoms with Crippen LogP contribution in [0.15, 0.2) is 22.7 Å². The van der Waals surface area contributed by atoms with Gasteiger partial charge in [-0.05, 0) is 24.0 Å². The molecule has 2 rings (SSSR count). The number of nitrogens with one attached hydrogen (secondary N) is 1. The molecule has 0 bridgehead atoms. The number of hydrogen-bond donors (Lipinski definition) is 2. The van der Waals surface area contributed by atoms with Crippen molar-refractivity contribution < 1.29 is 14.1 Å². The zero-order valence-corrected chi connectivity index (χ0v) is 9.99. The average Bonchev–Trinajstić information content (AvgIpc) is 2.95. The maximum absolute atomic E-state index is 11.2. The van der Waals surface area contributed by atoms with Crippen LogP contribution in [0.3, 0.4) is 0 Å². The third-order valence-electron chi connectivity index (χ3n) is 2.43. The van der Waals surface area contributed by atoms with Gasteiger partial charge in [-0.3, -0.25) is 10.2 Å². The van der Waals surface area contributed by atoms with E-state index in [0.717, 1.165) is 0 Å². The lowest BCUT2D eigenvalue weighted by Gasteiger charge is -1.94. The Kier molecular flexibility index (Phi) is 3.29. The summed E-state index contributed by atoms with van der Waals surface area (Å²) in [6.07, 6.45) is 1.53. The van der Waals surface area contributed by atoms with Crippen LogP contribution in [0.25, 0.3) is 0 Å². The number of nitrogens with zero attached hydrogens (tertiary/aromatic N) is 3. The highest BCUT2D eigenvalue weighted by atomic mass is 16.6. The average molecular weight is 265 g/mol. The highest BCUT2D eigenvalue weighted by Crippen LogP contribution is 2.16. The van der Waals surface area contributed by atoms with Crippen molar-refractivity contribution in [3.05, 3.63) is 45.5 Å². The minimum atomic E-state index is -0.554. The molecule has 0 saturated carbocycles. The van der Waals surface area contributed by atoms with Crippen molar-refractivity contribution in [2.45, 2.75) is 13.5 Å². The van der Waals surface area contributed by atoms with Crippen molar-refractivity contribution in [3.63, 3.8) is 0 Å². The maximum Gasteiger partial charge on any atom is 0.392 e. The summed E-state index contributed by atoms with van der Waals surface area (Å²) >= 11 is 0. The number of amides is 1. The van der Waals surface area contributed by atoms with E-state index in [1.165, 1.54) is 16.9 Å². The van der Waals surface area contributed by atoms with Gasteiger partial charge in [0.05, 0.1) is 16.9 Å². The Hall–Kier alpha value is -2.68. The summed E-state index contributed by atoms with van der Waals surface area (Å²) in [4.78, 5) is 21.3. The van der Waals surface area contributed by atoms with Crippen LogP contribution in [0.4, 0.5) is 5.82 Å². The number of carbonyl (C=O) groups excluding carboxylic acids is 1. The van der Waals surface area contributed by atoms with E-state index in [1.807, 2.05) is 5.43 Å². The molecule has 2 aromatic rings. The SMILES string of the molecule is Cc1cn(Cc2ccc(C(=O)NN)o2)nc1[N+](=O)[O-]. The van der Waals surface area contributed by atoms with Crippen LogP contribution in [0.1, 0.15) is 21.9 Å². The van der Waals surface area contributed by atoms with Crippen LogP contribution >= 0.6 is 0 Å². The van der Waals surface area contributed by atoms with Crippen LogP contribution < -0.4 is 11.3 Å². The molecule has 19 heavy (non-hydrogen) atoms. The number of furan rings is 1. The van der Waals surface area contributed by atoms with Gasteiger partial charge in [0.25, 0.3) is 0 Å². The second-order valence-corrected chi connectivity index (χ2v) is 3.83. The molecule has 0 aliphatic carbocycles. The third kappa shape index (κ3) is 2.60. The van der Waals surface area contributed by atoms with Crippen molar-refractivity contribution in [1.82, 2.24) is 15.2 Å². The highest BCUT2D eigenvalue weighted by molar-refractivity contribution is 5.90. The van der Waals surface area contributed by atoms with Gasteiger partial charge < -0.3 is 14.5 Å². The number of nitro groups is 1. The van der Waals surface area contributed by atoms with Gasteiger partial charge in [0.15, 0.2) is 5.76 Å². The van der Waals surface area contributed by atoms with Gasteiger partial charge in [-0.1, -0.05) is 0 Å². The van der Waals surface area contributed by atoms with E-state index in [2.05, 4.69) is 5.10 Å². The molecule has 0 unspecified atom stereocenters. The molecule has 0 aliphatic rings. The van der Waals surface area contributed by atoms with Crippen LogP contribution in [-0.2, 0) is 6.54 Å². The predicted molar refractivity (Wildman–Crippen MR) is 63.1 cm³/mol. The Labute approximate surface area is 107 Å². The van der Waals surface area contributed by atoms with E-state index in [4.69, 9.17) is 10.3 Å². The minimum Gasteiger partial charge on any atom is -0.454 e. The van der Waals surface area contributed by atoms with Gasteiger partial charge in [0, 0.05) is 0 Å². The molecule has 3 N–H and O–H groups in total. The van der Waals surface area contributed by atoms with Crippen molar-refractivity contribution in [2.75, 3.05) is 0 Å². The number of hydrazine groups is 1. The molecule has 0 aromatic carbocycles. The number of aromatic nitrogens is 2. The van der Waals surface area contributed by atoms with Crippen LogP contribution in [0, 0.1) is 17.0 Å². The summed E-state index contributed by atoms with van der Waals surface area (Å²) in [5.74, 6) is 4.73. The zero-order chi connectivity index (χ0) is 14.0. The molecule has 2 aromatic heterocycles. The van der Waals surface area contributed by atoms with Crippen LogP contribution in [-0.4, -0.2) is 20.6 Å². The quantitative estimate of drug-likeness (QED) is 0.355. The molecule has 9 heteroatoms. The van der Waals surface area contributed by atoms with E-state index >= 15 is 0 Å². The van der Waals surface area contributed by atoms with Gasteiger partial charge in [0.1, 0.15) is 12.3 Å². The van der Waals surface area contributed by atoms with Crippen molar-refractivity contribution in [2.24, 2.45) is 5.84 Å². The van der Waals surface area contributed by atoms with Gasteiger partial charge >= 0.3 is 11.7 Å². The largest absolute Gasteiger partial charge is 0.454 e. The number of nitrogen functional groups attached to an aromatic ring is 1. The molecule has 0 atom stereocenters. The lowest BCUT2D eigenvalue weighted by molar-refractivity contribution is -0.390. The number of aryl methyl sites for hydroxylation is 1. The molecular formula is C10H11N5O4. The minimum absolute atomic E-state index is 0.0656. The lowest BCUT2D eigenvalue weighted by Crippen LogP contribution is -2.29. The van der Waals surface area contributed by atoms with E-state index < -0.39 is 10.8 Å². The number of carbonyl (C=O) groups is 1. The summed E-state index contributed by atoms with van der Waals surface area (Å²) in [6, 6.07) is 3.04. The summed E-state index contributed by atoms with van der Waals surface area (Å²) < 4.78 is 6.60. The normalized spacial score (nSPS) is 10.4. The first-order valence-corrected chi connectivity index (χ1v) is 5.29. The molecule has 9 nitrogen and oxygen atoms in total. The fourth-order valence-corrected chi connectivity index (χ4v) is 1.59. The first kappa shape index (κ1) is 12.8. The number of hydrogen-bond acceptors (Lipinski definition) is 6. The van der Waals surface area contributed by atoms with E-state index in [0.29, 0.717) is 11.3 Å². The summed E-state index contributed by atoms with van der Waals surface area (Å²) in [6.45, 7) is 1.78. The van der Waals surface area contributed by atoms with Crippen molar-refractivity contribution in [3.8, 4) is 0 Å². The van der Waals surface area contributed by atoms with Gasteiger partial charge in [0.2, 0.25) is 0 Å². The maximum atomic E-state index is 11.2. The Bertz CT molecular complexity index is 630. The predicted octanol–water partition coefficient (Wildman–Crippen LogP) is 0.345. The lowest BCUT2D eigenvalue weighted by atomic mass is 10.4. The summed E-state index contributed by atoms with van der Waals surface area (Å²) in [5.41, 5.74) is 2.40. The fourth-order valence-electron chi connectivity index (χ4n) is 1.59. The van der Waals surface area contributed by atoms with E-state index in [9.17, 15) is 14.9 Å². The summed E-state index contributed by atoms with van der Waals surface area (Å²) in [5, 5.41) is 14.5. The Morgan fingerprint density at radius 3 is 2.95 bits per heavy atom. The molecule has 0 radical (unpaired) electrons. The molecule has 1 amide bonds. The molecule has 2 heterocycles. The monoisotopic (exact) mass is 265 g/mol. The Balaban J connectivity index is 2.17. The second-order valence-electron chi connectivity index (χ2n) is 3.83. The molecule has 0 fully saturated rings. The number of nitrogens with two attached hydrogens (primary N) is 1. The molecule has 0 aliphatic heterocycles. The van der Waals surface area contributed by atoms with Crippen LogP contribution in [0.2, 0.25) is 0 Å². The first-order chi connectivity index (χ1) is 9.01. The van der Waals surface area contributed by atoms with E-state index in [1.54, 1.807) is 13.0 Å².